The zero-order valence-corrected chi connectivity index (χ0v) is 48.6. The van der Waals surface area contributed by atoms with Crippen molar-refractivity contribution in [2.75, 3.05) is 0 Å². The summed E-state index contributed by atoms with van der Waals surface area (Å²) >= 11 is 0. The van der Waals surface area contributed by atoms with Crippen LogP contribution in [0, 0.1) is 13.8 Å². The summed E-state index contributed by atoms with van der Waals surface area (Å²) in [5, 5.41) is 0. The number of aryl methyl sites for hydroxylation is 2. The largest absolute Gasteiger partial charge is 2.00 e. The average molecular weight is 1010 g/mol. The normalized spacial score (nSPS) is 12.3. The third-order valence-corrected chi connectivity index (χ3v) is 14.4. The molecule has 2 aromatic carbocycles. The van der Waals surface area contributed by atoms with Crippen molar-refractivity contribution in [3.05, 3.63) is 101 Å². The number of nitrogens with zero attached hydrogens (tertiary/aromatic N) is 2. The van der Waals surface area contributed by atoms with E-state index in [1.807, 2.05) is 0 Å². The van der Waals surface area contributed by atoms with Crippen LogP contribution in [-0.4, -0.2) is 4.70 Å². The first-order valence-corrected chi connectivity index (χ1v) is 30.7. The Morgan fingerprint density at radius 3 is 0.886 bits per heavy atom. The second-order valence-corrected chi connectivity index (χ2v) is 21.0. The number of hydrogen-bond acceptors (Lipinski definition) is 0. The summed E-state index contributed by atoms with van der Waals surface area (Å²) in [6.45, 7) is 21.4. The molecule has 1 heterocycles. The molecular weight excluding hydrogens is 891 g/mol. The zero-order valence-electron chi connectivity index (χ0n) is 47.6. The van der Waals surface area contributed by atoms with Crippen LogP contribution < -0.4 is 0 Å². The summed E-state index contributed by atoms with van der Waals surface area (Å²) in [6, 6.07) is 17.9. The van der Waals surface area contributed by atoms with Crippen molar-refractivity contribution < 1.29 is 21.2 Å². The van der Waals surface area contributed by atoms with Gasteiger partial charge in [0.15, 0.2) is 0 Å². The van der Waals surface area contributed by atoms with Gasteiger partial charge in [0.2, 0.25) is 11.4 Å². The molecule has 0 aromatic heterocycles. The third-order valence-electron chi connectivity index (χ3n) is 14.4. The van der Waals surface area contributed by atoms with Gasteiger partial charge in [-0.15, -0.1) is 0 Å². The van der Waals surface area contributed by atoms with Crippen molar-refractivity contribution in [2.24, 2.45) is 0 Å². The first-order chi connectivity index (χ1) is 34.0. The molecule has 0 fully saturated rings. The number of hydrogen-bond donors (Lipinski definition) is 0. The maximum atomic E-state index is 11.9. The predicted octanol–water partition coefficient (Wildman–Crippen LogP) is 23.7. The van der Waals surface area contributed by atoms with Crippen LogP contribution in [-0.2, 0) is 29.3 Å². The van der Waals surface area contributed by atoms with Crippen LogP contribution in [0.4, 0.5) is 0 Å². The van der Waals surface area contributed by atoms with Gasteiger partial charge < -0.3 is 19.4 Å². The first kappa shape index (κ1) is 68.0. The van der Waals surface area contributed by atoms with Crippen LogP contribution >= 0.6 is 0 Å². The molecular formula is C67H116N2Ni. The standard InChI is InChI=1S/C35H50N2.2C16H33.Ni/c1-5-9-13-15-25-33-32(24-14-10-6-2)34(30-22-16-20-28(26-30)18-11-7-3)37(36)35(33)31-23-17-21-29(27-31)19-12-8-4;2*1-3-5-7-9-11-13-15-16-14-12-10-8-6-4-2;/h16-17,20-23,26-27H,5-15,18-19,24-25H2,1-4H3;2*1,3-16H2,2H3;/q;2*-1;+2. The smallest absolute Gasteiger partial charge is 0.493 e. The van der Waals surface area contributed by atoms with Crippen molar-refractivity contribution in [1.82, 2.24) is 0 Å². The Morgan fingerprint density at radius 1 is 0.329 bits per heavy atom. The molecule has 0 aliphatic carbocycles. The maximum Gasteiger partial charge on any atom is 2.00 e. The molecule has 0 atom stereocenters. The van der Waals surface area contributed by atoms with E-state index in [1.165, 1.54) is 260 Å². The van der Waals surface area contributed by atoms with Crippen LogP contribution in [0.3, 0.4) is 0 Å². The summed E-state index contributed by atoms with van der Waals surface area (Å²) in [5.74, 6) is 0. The first-order valence-electron chi connectivity index (χ1n) is 30.7. The molecule has 0 radical (unpaired) electrons. The molecule has 0 saturated heterocycles. The van der Waals surface area contributed by atoms with Crippen molar-refractivity contribution in [1.29, 1.82) is 0 Å². The van der Waals surface area contributed by atoms with Crippen LogP contribution in [0.1, 0.15) is 327 Å². The summed E-state index contributed by atoms with van der Waals surface area (Å²) in [6.07, 6.45) is 57.3. The van der Waals surface area contributed by atoms with Crippen molar-refractivity contribution >= 4 is 11.4 Å². The molecule has 3 heteroatoms. The number of allylic oxidation sites excluding steroid dienone is 2. The summed E-state index contributed by atoms with van der Waals surface area (Å²) in [4.78, 5) is 0. The Bertz CT molecular complexity index is 1480. The van der Waals surface area contributed by atoms with E-state index in [1.54, 1.807) is 4.70 Å². The van der Waals surface area contributed by atoms with Crippen LogP contribution in [0.25, 0.3) is 16.9 Å². The van der Waals surface area contributed by atoms with E-state index in [0.717, 1.165) is 61.0 Å². The van der Waals surface area contributed by atoms with Gasteiger partial charge in [0.25, 0.3) is 0 Å². The van der Waals surface area contributed by atoms with Crippen LogP contribution in [0.2, 0.25) is 0 Å². The second kappa shape index (κ2) is 50.5. The quantitative estimate of drug-likeness (QED) is 0.0274. The van der Waals surface area contributed by atoms with Gasteiger partial charge in [-0.3, -0.25) is 0 Å². The van der Waals surface area contributed by atoms with E-state index >= 15 is 0 Å². The molecule has 0 amide bonds. The molecule has 1 aliphatic rings. The SMILES string of the molecule is CCCCCCC1=C(c2cccc(CCCC)c2)[N+](=[N-])C(c2cccc(CCCC)c2)=C1CCCCC.[CH2-]CCCCCCCCCCCCCCC.[CH2-]CCCCCCCCCCCCCCC.[Ni+2]. The van der Waals surface area contributed by atoms with Crippen molar-refractivity contribution in [3.63, 3.8) is 0 Å². The fourth-order valence-electron chi connectivity index (χ4n) is 9.96. The molecule has 70 heavy (non-hydrogen) atoms. The van der Waals surface area contributed by atoms with E-state index in [0.29, 0.717) is 0 Å². The van der Waals surface area contributed by atoms with Gasteiger partial charge in [0.05, 0.1) is 0 Å². The van der Waals surface area contributed by atoms with Crippen molar-refractivity contribution in [2.45, 2.75) is 318 Å². The molecule has 404 valence electrons. The third kappa shape index (κ3) is 33.7. The van der Waals surface area contributed by atoms with Gasteiger partial charge in [0, 0.05) is 22.3 Å². The Morgan fingerprint density at radius 2 is 0.586 bits per heavy atom. The van der Waals surface area contributed by atoms with Crippen LogP contribution in [0.5, 0.6) is 0 Å². The average Bonchev–Trinajstić information content (AvgIpc) is 3.65. The summed E-state index contributed by atoms with van der Waals surface area (Å²) in [5.41, 5.74) is 21.7. The van der Waals surface area contributed by atoms with Crippen LogP contribution in [0.15, 0.2) is 59.7 Å². The zero-order chi connectivity index (χ0) is 50.3. The minimum Gasteiger partial charge on any atom is -0.493 e. The van der Waals surface area contributed by atoms with Crippen molar-refractivity contribution in [3.8, 4) is 0 Å². The topological polar surface area (TPSA) is 25.3 Å². The number of rotatable bonds is 43. The van der Waals surface area contributed by atoms with Gasteiger partial charge in [0.1, 0.15) is 0 Å². The predicted molar refractivity (Wildman–Crippen MR) is 312 cm³/mol. The minimum absolute atomic E-state index is 0. The van der Waals surface area contributed by atoms with E-state index in [2.05, 4.69) is 104 Å². The fourth-order valence-corrected chi connectivity index (χ4v) is 9.96. The second-order valence-electron chi connectivity index (χ2n) is 21.0. The molecule has 0 spiro atoms. The van der Waals surface area contributed by atoms with E-state index in [-0.39, 0.29) is 16.5 Å². The Kier molecular flexibility index (Phi) is 49.1. The fraction of sp³-hybridized carbons (Fsp3) is 0.731. The summed E-state index contributed by atoms with van der Waals surface area (Å²) < 4.78 is 1.56. The Hall–Kier alpha value is -1.99. The molecule has 0 saturated carbocycles. The molecule has 0 bridgehead atoms. The van der Waals surface area contributed by atoms with Gasteiger partial charge in [-0.2, -0.15) is 12.8 Å². The summed E-state index contributed by atoms with van der Waals surface area (Å²) in [7, 11) is 0. The molecule has 2 nitrogen and oxygen atoms in total. The maximum absolute atomic E-state index is 11.9. The Balaban J connectivity index is 0.00000120. The molecule has 0 unspecified atom stereocenters. The van der Waals surface area contributed by atoms with E-state index < -0.39 is 0 Å². The minimum atomic E-state index is 0. The number of benzene rings is 2. The monoisotopic (exact) mass is 1010 g/mol. The van der Waals surface area contributed by atoms with E-state index in [9.17, 15) is 5.53 Å². The van der Waals surface area contributed by atoms with Gasteiger partial charge in [-0.05, 0) is 86.8 Å². The molecule has 2 aromatic rings. The van der Waals surface area contributed by atoms with Gasteiger partial charge in [-0.25, -0.2) is 4.70 Å². The molecule has 3 rings (SSSR count). The number of unbranched alkanes of at least 4 members (excludes halogenated alkanes) is 33. The molecule has 1 aliphatic heterocycles. The van der Waals surface area contributed by atoms with Gasteiger partial charge in [-0.1, -0.05) is 278 Å². The Labute approximate surface area is 449 Å². The molecule has 0 N–H and O–H groups in total. The van der Waals surface area contributed by atoms with Gasteiger partial charge >= 0.3 is 16.5 Å². The van der Waals surface area contributed by atoms with E-state index in [4.69, 9.17) is 0 Å².